The van der Waals surface area contributed by atoms with E-state index >= 15 is 0 Å². The van der Waals surface area contributed by atoms with Crippen molar-refractivity contribution < 1.29 is 0 Å². The summed E-state index contributed by atoms with van der Waals surface area (Å²) in [7, 11) is 0. The van der Waals surface area contributed by atoms with Gasteiger partial charge in [0.1, 0.15) is 5.82 Å². The van der Waals surface area contributed by atoms with E-state index in [9.17, 15) is 0 Å². The maximum Gasteiger partial charge on any atom is 0.202 e. The molecule has 1 aliphatic carbocycles. The largest absolute Gasteiger partial charge is 0.360 e. The number of nitrogens with one attached hydrogen (secondary N) is 1. The first-order valence-corrected chi connectivity index (χ1v) is 6.22. The minimum atomic E-state index is 0.931. The van der Waals surface area contributed by atoms with Crippen molar-refractivity contribution in [2.45, 2.75) is 39.0 Å². The molecule has 1 heterocycles. The highest BCUT2D eigenvalue weighted by atomic mass is 32.1. The van der Waals surface area contributed by atoms with Gasteiger partial charge in [0.05, 0.1) is 0 Å². The van der Waals surface area contributed by atoms with Gasteiger partial charge in [-0.2, -0.15) is 4.37 Å². The molecule has 1 saturated carbocycles. The molecule has 0 bridgehead atoms. The van der Waals surface area contributed by atoms with Gasteiger partial charge >= 0.3 is 0 Å². The second kappa shape index (κ2) is 4.73. The lowest BCUT2D eigenvalue weighted by Gasteiger charge is -2.00. The molecule has 0 atom stereocenters. The molecule has 0 unspecified atom stereocenters. The first-order valence-electron chi connectivity index (χ1n) is 5.45. The van der Waals surface area contributed by atoms with Crippen LogP contribution < -0.4 is 5.32 Å². The minimum absolute atomic E-state index is 0.931. The van der Waals surface area contributed by atoms with E-state index in [-0.39, 0.29) is 0 Å². The Morgan fingerprint density at radius 3 is 3.00 bits per heavy atom. The van der Waals surface area contributed by atoms with E-state index in [1.54, 1.807) is 0 Å². The molecular formula is C10H17N3S. The molecule has 1 aromatic heterocycles. The van der Waals surface area contributed by atoms with Gasteiger partial charge in [-0.05, 0) is 18.8 Å². The van der Waals surface area contributed by atoms with Crippen molar-refractivity contribution in [1.82, 2.24) is 9.36 Å². The van der Waals surface area contributed by atoms with Gasteiger partial charge in [0, 0.05) is 24.5 Å². The van der Waals surface area contributed by atoms with Crippen LogP contribution in [0.2, 0.25) is 0 Å². The highest BCUT2D eigenvalue weighted by Crippen LogP contribution is 2.33. The van der Waals surface area contributed by atoms with Gasteiger partial charge in [0.25, 0.3) is 0 Å². The highest BCUT2D eigenvalue weighted by molar-refractivity contribution is 7.09. The number of rotatable bonds is 6. The normalized spacial score (nSPS) is 15.8. The molecule has 78 valence electrons. The van der Waals surface area contributed by atoms with E-state index < -0.39 is 0 Å². The van der Waals surface area contributed by atoms with Crippen LogP contribution in [0.4, 0.5) is 5.13 Å². The third kappa shape index (κ3) is 2.94. The molecule has 0 spiro atoms. The first kappa shape index (κ1) is 9.90. The maximum absolute atomic E-state index is 4.36. The lowest BCUT2D eigenvalue weighted by atomic mass is 10.2. The van der Waals surface area contributed by atoms with E-state index in [0.717, 1.165) is 29.8 Å². The summed E-state index contributed by atoms with van der Waals surface area (Å²) < 4.78 is 4.23. The predicted octanol–water partition coefficient (Wildman–Crippen LogP) is 2.70. The molecule has 1 aromatic rings. The molecular weight excluding hydrogens is 194 g/mol. The summed E-state index contributed by atoms with van der Waals surface area (Å²) in [6.07, 6.45) is 6.50. The third-order valence-corrected chi connectivity index (χ3v) is 3.26. The van der Waals surface area contributed by atoms with Crippen molar-refractivity contribution in [1.29, 1.82) is 0 Å². The highest BCUT2D eigenvalue weighted by Gasteiger charge is 2.19. The van der Waals surface area contributed by atoms with Gasteiger partial charge in [-0.3, -0.25) is 0 Å². The lowest BCUT2D eigenvalue weighted by Crippen LogP contribution is -2.01. The van der Waals surface area contributed by atoms with Crippen LogP contribution in [0, 0.1) is 5.92 Å². The Morgan fingerprint density at radius 1 is 1.50 bits per heavy atom. The minimum Gasteiger partial charge on any atom is -0.360 e. The summed E-state index contributed by atoms with van der Waals surface area (Å²) in [6.45, 7) is 3.13. The first-order chi connectivity index (χ1) is 6.88. The van der Waals surface area contributed by atoms with Gasteiger partial charge in [-0.15, -0.1) is 0 Å². The van der Waals surface area contributed by atoms with Crippen molar-refractivity contribution in [3.05, 3.63) is 5.82 Å². The second-order valence-electron chi connectivity index (χ2n) is 3.88. The van der Waals surface area contributed by atoms with Crippen molar-refractivity contribution in [3.8, 4) is 0 Å². The maximum atomic E-state index is 4.36. The van der Waals surface area contributed by atoms with Crippen LogP contribution in [-0.4, -0.2) is 15.9 Å². The third-order valence-electron chi connectivity index (χ3n) is 2.55. The monoisotopic (exact) mass is 211 g/mol. The Balaban J connectivity index is 1.63. The van der Waals surface area contributed by atoms with Crippen LogP contribution in [0.15, 0.2) is 0 Å². The SMILES string of the molecule is CCc1nsc(NCCCC2CC2)n1. The fourth-order valence-corrected chi connectivity index (χ4v) is 2.14. The lowest BCUT2D eigenvalue weighted by molar-refractivity contribution is 0.687. The van der Waals surface area contributed by atoms with Crippen molar-refractivity contribution in [3.63, 3.8) is 0 Å². The summed E-state index contributed by atoms with van der Waals surface area (Å²) in [4.78, 5) is 4.36. The zero-order valence-corrected chi connectivity index (χ0v) is 9.44. The topological polar surface area (TPSA) is 37.8 Å². The van der Waals surface area contributed by atoms with Crippen LogP contribution in [0.1, 0.15) is 38.4 Å². The van der Waals surface area contributed by atoms with E-state index in [1.807, 2.05) is 0 Å². The number of nitrogens with zero attached hydrogens (tertiary/aromatic N) is 2. The fraction of sp³-hybridized carbons (Fsp3) is 0.800. The zero-order valence-electron chi connectivity index (χ0n) is 8.62. The molecule has 0 aromatic carbocycles. The van der Waals surface area contributed by atoms with Crippen LogP contribution in [0.3, 0.4) is 0 Å². The molecule has 2 rings (SSSR count). The molecule has 1 fully saturated rings. The standard InChI is InChI=1S/C10H17N3S/c1-2-9-12-10(14-13-9)11-7-3-4-8-5-6-8/h8H,2-7H2,1H3,(H,11,12,13). The number of hydrogen-bond acceptors (Lipinski definition) is 4. The molecule has 3 nitrogen and oxygen atoms in total. The summed E-state index contributed by atoms with van der Waals surface area (Å²) in [5, 5.41) is 4.31. The van der Waals surface area contributed by atoms with Gasteiger partial charge in [-0.1, -0.05) is 19.8 Å². The van der Waals surface area contributed by atoms with Crippen LogP contribution in [0.25, 0.3) is 0 Å². The van der Waals surface area contributed by atoms with Crippen LogP contribution in [-0.2, 0) is 6.42 Å². The van der Waals surface area contributed by atoms with Gasteiger partial charge in [0.15, 0.2) is 0 Å². The quantitative estimate of drug-likeness (QED) is 0.735. The average molecular weight is 211 g/mol. The van der Waals surface area contributed by atoms with Crippen molar-refractivity contribution in [2.75, 3.05) is 11.9 Å². The molecule has 1 N–H and O–H groups in total. The van der Waals surface area contributed by atoms with Crippen LogP contribution >= 0.6 is 11.5 Å². The fourth-order valence-electron chi connectivity index (χ4n) is 1.46. The van der Waals surface area contributed by atoms with E-state index in [0.29, 0.717) is 0 Å². The molecule has 1 aliphatic rings. The number of aryl methyl sites for hydroxylation is 1. The summed E-state index contributed by atoms with van der Waals surface area (Å²) in [5.74, 6) is 2.00. The smallest absolute Gasteiger partial charge is 0.202 e. The number of anilines is 1. The molecule has 14 heavy (non-hydrogen) atoms. The van der Waals surface area contributed by atoms with Gasteiger partial charge < -0.3 is 5.32 Å². The van der Waals surface area contributed by atoms with E-state index in [1.165, 1.54) is 37.2 Å². The molecule has 0 saturated heterocycles. The Morgan fingerprint density at radius 2 is 2.36 bits per heavy atom. The zero-order chi connectivity index (χ0) is 9.80. The molecule has 4 heteroatoms. The number of hydrogen-bond donors (Lipinski definition) is 1. The van der Waals surface area contributed by atoms with Gasteiger partial charge in [-0.25, -0.2) is 4.98 Å². The Kier molecular flexibility index (Phi) is 3.35. The van der Waals surface area contributed by atoms with Gasteiger partial charge in [0.2, 0.25) is 5.13 Å². The van der Waals surface area contributed by atoms with Crippen molar-refractivity contribution in [2.24, 2.45) is 5.92 Å². The van der Waals surface area contributed by atoms with E-state index in [4.69, 9.17) is 0 Å². The predicted molar refractivity (Wildman–Crippen MR) is 59.7 cm³/mol. The molecule has 0 radical (unpaired) electrons. The van der Waals surface area contributed by atoms with E-state index in [2.05, 4.69) is 21.6 Å². The van der Waals surface area contributed by atoms with Crippen LogP contribution in [0.5, 0.6) is 0 Å². The Bertz CT molecular complexity index is 281. The summed E-state index contributed by atoms with van der Waals surface area (Å²) >= 11 is 1.48. The molecule has 0 amide bonds. The molecule has 0 aliphatic heterocycles. The Hall–Kier alpha value is -0.640. The summed E-state index contributed by atoms with van der Waals surface area (Å²) in [6, 6.07) is 0. The number of aromatic nitrogens is 2. The Labute approximate surface area is 89.1 Å². The summed E-state index contributed by atoms with van der Waals surface area (Å²) in [5.41, 5.74) is 0. The average Bonchev–Trinajstić information content (AvgIpc) is 2.91. The second-order valence-corrected chi connectivity index (χ2v) is 4.63. The van der Waals surface area contributed by atoms with Crippen molar-refractivity contribution >= 4 is 16.7 Å².